The molecule has 8 nitrogen and oxygen atoms in total. The number of aromatic nitrogens is 5. The molecule has 4 heterocycles. The molecular weight excluding hydrogens is 342 g/mol. The maximum absolute atomic E-state index is 5.58. The zero-order valence-electron chi connectivity index (χ0n) is 15.5. The van der Waals surface area contributed by atoms with Crippen molar-refractivity contribution in [2.75, 3.05) is 29.9 Å². The van der Waals surface area contributed by atoms with Crippen LogP contribution in [0.2, 0.25) is 0 Å². The van der Waals surface area contributed by atoms with Gasteiger partial charge in [-0.15, -0.1) is 10.2 Å². The number of hydrogen-bond acceptors (Lipinski definition) is 7. The molecular formula is C19H23N7O. The number of nitrogens with zero attached hydrogens (tertiary/aromatic N) is 6. The summed E-state index contributed by atoms with van der Waals surface area (Å²) in [7, 11) is 0. The van der Waals surface area contributed by atoms with Crippen LogP contribution in [0.5, 0.6) is 0 Å². The van der Waals surface area contributed by atoms with E-state index in [1.54, 1.807) is 4.68 Å². The molecule has 1 unspecified atom stereocenters. The van der Waals surface area contributed by atoms with Gasteiger partial charge in [-0.1, -0.05) is 6.07 Å². The van der Waals surface area contributed by atoms with E-state index in [4.69, 9.17) is 4.74 Å². The van der Waals surface area contributed by atoms with E-state index in [1.165, 1.54) is 0 Å². The average molecular weight is 365 g/mol. The third-order valence-corrected chi connectivity index (χ3v) is 4.46. The summed E-state index contributed by atoms with van der Waals surface area (Å²) < 4.78 is 7.29. The van der Waals surface area contributed by atoms with Crippen LogP contribution in [0.1, 0.15) is 18.2 Å². The molecule has 8 heteroatoms. The Morgan fingerprint density at radius 3 is 2.70 bits per heavy atom. The van der Waals surface area contributed by atoms with Crippen LogP contribution < -0.4 is 10.2 Å². The molecule has 1 aliphatic heterocycles. The first-order valence-corrected chi connectivity index (χ1v) is 9.09. The molecule has 1 aliphatic rings. The van der Waals surface area contributed by atoms with Crippen LogP contribution in [-0.2, 0) is 11.3 Å². The highest BCUT2D eigenvalue weighted by Crippen LogP contribution is 2.16. The van der Waals surface area contributed by atoms with E-state index in [0.29, 0.717) is 18.2 Å². The Kier molecular flexibility index (Phi) is 4.97. The highest BCUT2D eigenvalue weighted by atomic mass is 16.5. The van der Waals surface area contributed by atoms with Gasteiger partial charge in [0.25, 0.3) is 0 Å². The molecule has 0 amide bonds. The quantitative estimate of drug-likeness (QED) is 0.742. The third kappa shape index (κ3) is 4.22. The molecule has 0 saturated carbocycles. The lowest BCUT2D eigenvalue weighted by molar-refractivity contribution is 0.0529. The number of rotatable bonds is 5. The molecule has 27 heavy (non-hydrogen) atoms. The lowest BCUT2D eigenvalue weighted by Gasteiger charge is -2.32. The Balaban J connectivity index is 1.34. The monoisotopic (exact) mass is 365 g/mol. The van der Waals surface area contributed by atoms with Gasteiger partial charge in [0.15, 0.2) is 5.82 Å². The summed E-state index contributed by atoms with van der Waals surface area (Å²) in [5, 5.41) is 16.0. The maximum Gasteiger partial charge on any atom is 0.175 e. The molecule has 140 valence electrons. The van der Waals surface area contributed by atoms with Crippen LogP contribution in [0.25, 0.3) is 5.82 Å². The van der Waals surface area contributed by atoms with Crippen LogP contribution in [-0.4, -0.2) is 50.8 Å². The molecule has 0 spiro atoms. The summed E-state index contributed by atoms with van der Waals surface area (Å²) in [6, 6.07) is 9.87. The highest BCUT2D eigenvalue weighted by Gasteiger charge is 2.17. The largest absolute Gasteiger partial charge is 0.375 e. The summed E-state index contributed by atoms with van der Waals surface area (Å²) in [5.74, 6) is 2.40. The molecule has 0 bridgehead atoms. The van der Waals surface area contributed by atoms with Crippen molar-refractivity contribution >= 4 is 11.6 Å². The SMILES string of the molecule is Cc1ccn(-c2ccc(NCc3ccc(N4CCOC(C)C4)nc3)nn2)n1. The van der Waals surface area contributed by atoms with Gasteiger partial charge in [-0.25, -0.2) is 9.67 Å². The number of morpholine rings is 1. The molecule has 0 aliphatic carbocycles. The van der Waals surface area contributed by atoms with E-state index >= 15 is 0 Å². The standard InChI is InChI=1S/C19H23N7O/c1-14-7-8-26(24-14)19-6-4-17(22-23-19)20-11-16-3-5-18(21-12-16)25-9-10-27-15(2)13-25/h3-8,12,15H,9-11,13H2,1-2H3,(H,20,22). The Morgan fingerprint density at radius 2 is 2.04 bits per heavy atom. The smallest absolute Gasteiger partial charge is 0.175 e. The highest BCUT2D eigenvalue weighted by molar-refractivity contribution is 5.41. The summed E-state index contributed by atoms with van der Waals surface area (Å²) in [5.41, 5.74) is 2.04. The first-order chi connectivity index (χ1) is 13.2. The molecule has 1 saturated heterocycles. The fraction of sp³-hybridized carbons (Fsp3) is 0.368. The van der Waals surface area contributed by atoms with Crippen LogP contribution in [0.4, 0.5) is 11.6 Å². The topological polar surface area (TPSA) is 81.0 Å². The van der Waals surface area contributed by atoms with Crippen molar-refractivity contribution < 1.29 is 4.74 Å². The van der Waals surface area contributed by atoms with E-state index in [9.17, 15) is 0 Å². The number of nitrogens with one attached hydrogen (secondary N) is 1. The number of aryl methyl sites for hydroxylation is 1. The predicted molar refractivity (Wildman–Crippen MR) is 103 cm³/mol. The van der Waals surface area contributed by atoms with Crippen molar-refractivity contribution in [3.05, 3.63) is 54.0 Å². The summed E-state index contributed by atoms with van der Waals surface area (Å²) in [4.78, 5) is 6.84. The van der Waals surface area contributed by atoms with Gasteiger partial charge in [0, 0.05) is 32.0 Å². The van der Waals surface area contributed by atoms with Gasteiger partial charge in [-0.3, -0.25) is 0 Å². The number of anilines is 2. The molecule has 1 atom stereocenters. The van der Waals surface area contributed by atoms with Gasteiger partial charge in [0.2, 0.25) is 0 Å². The van der Waals surface area contributed by atoms with Crippen molar-refractivity contribution in [1.29, 1.82) is 0 Å². The first-order valence-electron chi connectivity index (χ1n) is 9.09. The van der Waals surface area contributed by atoms with E-state index in [1.807, 2.05) is 37.5 Å². The zero-order valence-corrected chi connectivity index (χ0v) is 15.5. The van der Waals surface area contributed by atoms with Gasteiger partial charge in [-0.05, 0) is 43.7 Å². The molecule has 4 rings (SSSR count). The third-order valence-electron chi connectivity index (χ3n) is 4.46. The summed E-state index contributed by atoms with van der Waals surface area (Å²) >= 11 is 0. The lowest BCUT2D eigenvalue weighted by Crippen LogP contribution is -2.41. The summed E-state index contributed by atoms with van der Waals surface area (Å²) in [6.45, 7) is 7.18. The van der Waals surface area contributed by atoms with Crippen molar-refractivity contribution in [3.8, 4) is 5.82 Å². The maximum atomic E-state index is 5.58. The molecule has 3 aromatic rings. The average Bonchev–Trinajstić information content (AvgIpc) is 3.13. The van der Waals surface area contributed by atoms with Crippen molar-refractivity contribution in [2.24, 2.45) is 0 Å². The molecule has 1 fully saturated rings. The Morgan fingerprint density at radius 1 is 1.15 bits per heavy atom. The van der Waals surface area contributed by atoms with Crippen LogP contribution in [0, 0.1) is 6.92 Å². The lowest BCUT2D eigenvalue weighted by atomic mass is 10.2. The van der Waals surface area contributed by atoms with Gasteiger partial charge >= 0.3 is 0 Å². The Hall–Kier alpha value is -3.00. The van der Waals surface area contributed by atoms with E-state index in [-0.39, 0.29) is 6.10 Å². The van der Waals surface area contributed by atoms with E-state index in [0.717, 1.165) is 36.8 Å². The van der Waals surface area contributed by atoms with Gasteiger partial charge in [-0.2, -0.15) is 5.10 Å². The van der Waals surface area contributed by atoms with E-state index in [2.05, 4.69) is 49.6 Å². The van der Waals surface area contributed by atoms with Crippen LogP contribution in [0.15, 0.2) is 42.7 Å². The minimum absolute atomic E-state index is 0.245. The first kappa shape index (κ1) is 17.4. The molecule has 1 N–H and O–H groups in total. The Labute approximate surface area is 158 Å². The second kappa shape index (κ2) is 7.71. The number of hydrogen-bond donors (Lipinski definition) is 1. The Bertz CT molecular complexity index is 876. The fourth-order valence-electron chi connectivity index (χ4n) is 3.01. The van der Waals surface area contributed by atoms with Crippen molar-refractivity contribution in [1.82, 2.24) is 25.0 Å². The minimum atomic E-state index is 0.245. The van der Waals surface area contributed by atoms with Crippen LogP contribution >= 0.6 is 0 Å². The number of ether oxygens (including phenoxy) is 1. The van der Waals surface area contributed by atoms with Crippen molar-refractivity contribution in [3.63, 3.8) is 0 Å². The normalized spacial score (nSPS) is 17.1. The molecule has 0 aromatic carbocycles. The van der Waals surface area contributed by atoms with Gasteiger partial charge < -0.3 is 15.0 Å². The molecule has 3 aromatic heterocycles. The second-order valence-corrected chi connectivity index (χ2v) is 6.68. The predicted octanol–water partition coefficient (Wildman–Crippen LogP) is 2.20. The fourth-order valence-corrected chi connectivity index (χ4v) is 3.01. The van der Waals surface area contributed by atoms with Gasteiger partial charge in [0.05, 0.1) is 18.4 Å². The zero-order chi connectivity index (χ0) is 18.6. The summed E-state index contributed by atoms with van der Waals surface area (Å²) in [6.07, 6.45) is 4.01. The van der Waals surface area contributed by atoms with Crippen molar-refractivity contribution in [2.45, 2.75) is 26.5 Å². The second-order valence-electron chi connectivity index (χ2n) is 6.68. The van der Waals surface area contributed by atoms with Gasteiger partial charge in [0.1, 0.15) is 11.6 Å². The van der Waals surface area contributed by atoms with Crippen LogP contribution in [0.3, 0.4) is 0 Å². The minimum Gasteiger partial charge on any atom is -0.375 e. The number of pyridine rings is 1. The molecule has 0 radical (unpaired) electrons. The van der Waals surface area contributed by atoms with E-state index < -0.39 is 0 Å².